The molecular weight excluding hydrogens is 232 g/mol. The molecule has 0 aliphatic heterocycles. The van der Waals surface area contributed by atoms with E-state index in [4.69, 9.17) is 0 Å². The van der Waals surface area contributed by atoms with E-state index in [1.165, 1.54) is 30.5 Å². The molecule has 1 saturated carbocycles. The van der Waals surface area contributed by atoms with Gasteiger partial charge in [0, 0.05) is 19.1 Å². The van der Waals surface area contributed by atoms with Crippen LogP contribution in [0, 0.1) is 6.92 Å². The van der Waals surface area contributed by atoms with Crippen molar-refractivity contribution in [2.45, 2.75) is 45.6 Å². The summed E-state index contributed by atoms with van der Waals surface area (Å²) in [5.74, 6) is 0.783. The highest BCUT2D eigenvalue weighted by molar-refractivity contribution is 5.27. The summed E-state index contributed by atoms with van der Waals surface area (Å²) in [6.07, 6.45) is 2.61. The first-order chi connectivity index (χ1) is 9.22. The van der Waals surface area contributed by atoms with Crippen LogP contribution in [-0.4, -0.2) is 37.1 Å². The van der Waals surface area contributed by atoms with Crippen LogP contribution in [0.1, 0.15) is 43.7 Å². The van der Waals surface area contributed by atoms with E-state index in [0.717, 1.165) is 31.6 Å². The number of aryl methyl sites for hydroxylation is 1. The molecule has 106 valence electrons. The lowest BCUT2D eigenvalue weighted by Gasteiger charge is -2.37. The lowest BCUT2D eigenvalue weighted by molar-refractivity contribution is 0.256. The summed E-state index contributed by atoms with van der Waals surface area (Å²) in [4.78, 5) is 2.48. The lowest BCUT2D eigenvalue weighted by atomic mass is 9.75. The number of likely N-dealkylation sites (N-methyl/N-ethyl adjacent to an activating group) is 1. The monoisotopic (exact) mass is 260 g/mol. The summed E-state index contributed by atoms with van der Waals surface area (Å²) in [5, 5.41) is 3.69. The maximum Gasteiger partial charge on any atom is 0.0107 e. The van der Waals surface area contributed by atoms with Crippen LogP contribution >= 0.6 is 0 Å². The van der Waals surface area contributed by atoms with Gasteiger partial charge >= 0.3 is 0 Å². The molecule has 0 unspecified atom stereocenters. The fourth-order valence-electron chi connectivity index (χ4n) is 2.95. The Kier molecular flexibility index (Phi) is 5.41. The normalized spacial score (nSPS) is 22.5. The fourth-order valence-corrected chi connectivity index (χ4v) is 2.95. The van der Waals surface area contributed by atoms with Gasteiger partial charge in [-0.05, 0) is 44.3 Å². The minimum absolute atomic E-state index is 0.737. The molecule has 0 bridgehead atoms. The number of nitrogens with one attached hydrogen (secondary N) is 1. The third-order valence-corrected chi connectivity index (χ3v) is 4.41. The van der Waals surface area contributed by atoms with Gasteiger partial charge in [-0.2, -0.15) is 0 Å². The van der Waals surface area contributed by atoms with E-state index < -0.39 is 0 Å². The second-order valence-corrected chi connectivity index (χ2v) is 5.76. The first-order valence-corrected chi connectivity index (χ1v) is 7.75. The zero-order valence-corrected chi connectivity index (χ0v) is 12.7. The van der Waals surface area contributed by atoms with Crippen molar-refractivity contribution in [2.24, 2.45) is 0 Å². The Morgan fingerprint density at radius 2 is 1.95 bits per heavy atom. The Balaban J connectivity index is 1.66. The molecule has 19 heavy (non-hydrogen) atoms. The number of hydrogen-bond donors (Lipinski definition) is 1. The minimum atomic E-state index is 0.737. The largest absolute Gasteiger partial charge is 0.313 e. The Morgan fingerprint density at radius 3 is 2.58 bits per heavy atom. The van der Waals surface area contributed by atoms with Gasteiger partial charge in [0.05, 0.1) is 0 Å². The molecule has 1 aliphatic rings. The predicted octanol–water partition coefficient (Wildman–Crippen LogP) is 3.17. The van der Waals surface area contributed by atoms with Crippen molar-refractivity contribution in [3.8, 4) is 0 Å². The SMILES string of the molecule is CCN(CC)CCNC1CC(c2cccc(C)c2)C1. The number of rotatable bonds is 7. The summed E-state index contributed by atoms with van der Waals surface area (Å²) < 4.78 is 0. The van der Waals surface area contributed by atoms with Gasteiger partial charge in [0.15, 0.2) is 0 Å². The molecular formula is C17H28N2. The standard InChI is InChI=1S/C17H28N2/c1-4-19(5-2)10-9-18-17-12-16(13-17)15-8-6-7-14(3)11-15/h6-8,11,16-18H,4-5,9-10,12-13H2,1-3H3. The summed E-state index contributed by atoms with van der Waals surface area (Å²) in [6, 6.07) is 9.73. The molecule has 1 aliphatic carbocycles. The van der Waals surface area contributed by atoms with Crippen LogP contribution in [0.2, 0.25) is 0 Å². The van der Waals surface area contributed by atoms with Gasteiger partial charge in [0.25, 0.3) is 0 Å². The van der Waals surface area contributed by atoms with Crippen molar-refractivity contribution in [3.63, 3.8) is 0 Å². The van der Waals surface area contributed by atoms with Gasteiger partial charge in [-0.25, -0.2) is 0 Å². The first kappa shape index (κ1) is 14.5. The zero-order chi connectivity index (χ0) is 13.7. The van der Waals surface area contributed by atoms with Crippen molar-refractivity contribution in [1.82, 2.24) is 10.2 Å². The highest BCUT2D eigenvalue weighted by Crippen LogP contribution is 2.36. The summed E-state index contributed by atoms with van der Waals surface area (Å²) in [6.45, 7) is 11.3. The van der Waals surface area contributed by atoms with Crippen LogP contribution in [0.5, 0.6) is 0 Å². The van der Waals surface area contributed by atoms with Crippen LogP contribution in [0.15, 0.2) is 24.3 Å². The Labute approximate surface area is 118 Å². The molecule has 2 rings (SSSR count). The van der Waals surface area contributed by atoms with Crippen LogP contribution in [-0.2, 0) is 0 Å². The van der Waals surface area contributed by atoms with E-state index in [1.807, 2.05) is 0 Å². The fraction of sp³-hybridized carbons (Fsp3) is 0.647. The molecule has 0 saturated heterocycles. The van der Waals surface area contributed by atoms with Crippen molar-refractivity contribution < 1.29 is 0 Å². The second-order valence-electron chi connectivity index (χ2n) is 5.76. The van der Waals surface area contributed by atoms with Crippen molar-refractivity contribution in [1.29, 1.82) is 0 Å². The highest BCUT2D eigenvalue weighted by Gasteiger charge is 2.29. The molecule has 2 nitrogen and oxygen atoms in total. The van der Waals surface area contributed by atoms with Gasteiger partial charge in [-0.3, -0.25) is 0 Å². The Hall–Kier alpha value is -0.860. The van der Waals surface area contributed by atoms with Crippen LogP contribution in [0.4, 0.5) is 0 Å². The van der Waals surface area contributed by atoms with Crippen molar-refractivity contribution in [2.75, 3.05) is 26.2 Å². The Bertz CT molecular complexity index is 379. The summed E-state index contributed by atoms with van der Waals surface area (Å²) >= 11 is 0. The predicted molar refractivity (Wildman–Crippen MR) is 82.7 cm³/mol. The van der Waals surface area contributed by atoms with E-state index in [1.54, 1.807) is 0 Å². The van der Waals surface area contributed by atoms with Gasteiger partial charge in [0.2, 0.25) is 0 Å². The number of benzene rings is 1. The van der Waals surface area contributed by atoms with Gasteiger partial charge in [0.1, 0.15) is 0 Å². The third-order valence-electron chi connectivity index (χ3n) is 4.41. The maximum absolute atomic E-state index is 3.69. The van der Waals surface area contributed by atoms with Gasteiger partial charge in [-0.1, -0.05) is 43.7 Å². The van der Waals surface area contributed by atoms with E-state index in [0.29, 0.717) is 0 Å². The first-order valence-electron chi connectivity index (χ1n) is 7.75. The highest BCUT2D eigenvalue weighted by atomic mass is 15.1. The molecule has 0 radical (unpaired) electrons. The summed E-state index contributed by atoms with van der Waals surface area (Å²) in [7, 11) is 0. The van der Waals surface area contributed by atoms with Crippen LogP contribution in [0.3, 0.4) is 0 Å². The van der Waals surface area contributed by atoms with E-state index >= 15 is 0 Å². The average Bonchev–Trinajstić information content (AvgIpc) is 2.36. The van der Waals surface area contributed by atoms with E-state index in [2.05, 4.69) is 55.3 Å². The molecule has 0 atom stereocenters. The molecule has 1 N–H and O–H groups in total. The lowest BCUT2D eigenvalue weighted by Crippen LogP contribution is -2.43. The van der Waals surface area contributed by atoms with Crippen LogP contribution < -0.4 is 5.32 Å². The molecule has 1 aromatic rings. The molecule has 0 aromatic heterocycles. The van der Waals surface area contributed by atoms with Crippen LogP contribution in [0.25, 0.3) is 0 Å². The minimum Gasteiger partial charge on any atom is -0.313 e. The van der Waals surface area contributed by atoms with Gasteiger partial charge in [-0.15, -0.1) is 0 Å². The third kappa shape index (κ3) is 4.05. The van der Waals surface area contributed by atoms with E-state index in [-0.39, 0.29) is 0 Å². The number of hydrogen-bond acceptors (Lipinski definition) is 2. The second kappa shape index (κ2) is 7.06. The zero-order valence-electron chi connectivity index (χ0n) is 12.7. The molecule has 0 heterocycles. The number of nitrogens with zero attached hydrogens (tertiary/aromatic N) is 1. The molecule has 0 spiro atoms. The molecule has 1 fully saturated rings. The quantitative estimate of drug-likeness (QED) is 0.810. The topological polar surface area (TPSA) is 15.3 Å². The Morgan fingerprint density at radius 1 is 1.21 bits per heavy atom. The molecule has 1 aromatic carbocycles. The average molecular weight is 260 g/mol. The van der Waals surface area contributed by atoms with E-state index in [9.17, 15) is 0 Å². The molecule has 0 amide bonds. The molecule has 2 heteroatoms. The summed E-state index contributed by atoms with van der Waals surface area (Å²) in [5.41, 5.74) is 2.91. The maximum atomic E-state index is 3.69. The van der Waals surface area contributed by atoms with Gasteiger partial charge < -0.3 is 10.2 Å². The smallest absolute Gasteiger partial charge is 0.0107 e. The van der Waals surface area contributed by atoms with Crippen molar-refractivity contribution >= 4 is 0 Å². The van der Waals surface area contributed by atoms with Crippen molar-refractivity contribution in [3.05, 3.63) is 35.4 Å².